The second-order valence-electron chi connectivity index (χ2n) is 5.06. The SMILES string of the molecule is COC(=O)C(C)C(C)N(CCO)CC1CCCN1. The molecule has 106 valence electrons. The first-order valence-electron chi connectivity index (χ1n) is 6.76. The van der Waals surface area contributed by atoms with E-state index in [0.717, 1.165) is 13.1 Å². The molecule has 0 aromatic carbocycles. The van der Waals surface area contributed by atoms with Gasteiger partial charge in [-0.25, -0.2) is 0 Å². The van der Waals surface area contributed by atoms with Crippen molar-refractivity contribution < 1.29 is 14.6 Å². The third-order valence-electron chi connectivity index (χ3n) is 3.88. The molecule has 0 aliphatic carbocycles. The largest absolute Gasteiger partial charge is 0.469 e. The Labute approximate surface area is 109 Å². The summed E-state index contributed by atoms with van der Waals surface area (Å²) < 4.78 is 4.79. The standard InChI is InChI=1S/C13H26N2O3/c1-10(13(17)18-3)11(2)15(7-8-16)9-12-5-4-6-14-12/h10-12,14,16H,4-9H2,1-3H3. The molecular formula is C13H26N2O3. The van der Waals surface area contributed by atoms with E-state index in [-0.39, 0.29) is 24.5 Å². The van der Waals surface area contributed by atoms with Crippen molar-refractivity contribution in [1.82, 2.24) is 10.2 Å². The van der Waals surface area contributed by atoms with Crippen molar-refractivity contribution in [2.45, 2.75) is 38.8 Å². The minimum atomic E-state index is -0.190. The van der Waals surface area contributed by atoms with Crippen molar-refractivity contribution in [3.8, 4) is 0 Å². The third-order valence-corrected chi connectivity index (χ3v) is 3.88. The first-order valence-corrected chi connectivity index (χ1v) is 6.76. The van der Waals surface area contributed by atoms with E-state index in [1.165, 1.54) is 20.0 Å². The number of ether oxygens (including phenoxy) is 1. The Hall–Kier alpha value is -0.650. The zero-order valence-electron chi connectivity index (χ0n) is 11.7. The Morgan fingerprint density at radius 3 is 2.78 bits per heavy atom. The summed E-state index contributed by atoms with van der Waals surface area (Å²) >= 11 is 0. The van der Waals surface area contributed by atoms with Crippen LogP contribution in [-0.4, -0.2) is 61.4 Å². The van der Waals surface area contributed by atoms with Crippen LogP contribution in [0.25, 0.3) is 0 Å². The number of esters is 1. The molecule has 0 saturated carbocycles. The highest BCUT2D eigenvalue weighted by molar-refractivity contribution is 5.72. The first kappa shape index (κ1) is 15.4. The van der Waals surface area contributed by atoms with Crippen LogP contribution in [0, 0.1) is 5.92 Å². The lowest BCUT2D eigenvalue weighted by molar-refractivity contribution is -0.147. The quantitative estimate of drug-likeness (QED) is 0.640. The van der Waals surface area contributed by atoms with Crippen molar-refractivity contribution >= 4 is 5.97 Å². The number of nitrogens with one attached hydrogen (secondary N) is 1. The predicted octanol–water partition coefficient (Wildman–Crippen LogP) is 0.230. The number of methoxy groups -OCH3 is 1. The smallest absolute Gasteiger partial charge is 0.309 e. The second-order valence-corrected chi connectivity index (χ2v) is 5.06. The maximum Gasteiger partial charge on any atom is 0.309 e. The topological polar surface area (TPSA) is 61.8 Å². The average Bonchev–Trinajstić information content (AvgIpc) is 2.88. The molecule has 1 rings (SSSR count). The Morgan fingerprint density at radius 2 is 2.28 bits per heavy atom. The number of rotatable bonds is 7. The van der Waals surface area contributed by atoms with E-state index in [0.29, 0.717) is 12.6 Å². The molecule has 0 bridgehead atoms. The number of hydrogen-bond donors (Lipinski definition) is 2. The Bertz CT molecular complexity index is 255. The normalized spacial score (nSPS) is 23.1. The lowest BCUT2D eigenvalue weighted by Crippen LogP contribution is -2.47. The van der Waals surface area contributed by atoms with Crippen LogP contribution in [-0.2, 0) is 9.53 Å². The molecule has 1 saturated heterocycles. The van der Waals surface area contributed by atoms with Crippen LogP contribution in [0.2, 0.25) is 0 Å². The fraction of sp³-hybridized carbons (Fsp3) is 0.923. The van der Waals surface area contributed by atoms with Gasteiger partial charge < -0.3 is 15.2 Å². The van der Waals surface area contributed by atoms with Gasteiger partial charge in [0.2, 0.25) is 0 Å². The average molecular weight is 258 g/mol. The molecule has 1 aliphatic heterocycles. The highest BCUT2D eigenvalue weighted by Gasteiger charge is 2.28. The summed E-state index contributed by atoms with van der Waals surface area (Å²) in [6.45, 7) is 6.56. The lowest BCUT2D eigenvalue weighted by atomic mass is 10.0. The monoisotopic (exact) mass is 258 g/mol. The van der Waals surface area contributed by atoms with Crippen molar-refractivity contribution in [2.75, 3.05) is 33.4 Å². The van der Waals surface area contributed by atoms with Gasteiger partial charge >= 0.3 is 5.97 Å². The van der Waals surface area contributed by atoms with Crippen molar-refractivity contribution in [2.24, 2.45) is 5.92 Å². The van der Waals surface area contributed by atoms with Crippen LogP contribution < -0.4 is 5.32 Å². The Kier molecular flexibility index (Phi) is 6.60. The van der Waals surface area contributed by atoms with E-state index in [4.69, 9.17) is 9.84 Å². The van der Waals surface area contributed by atoms with Crippen LogP contribution in [0.5, 0.6) is 0 Å². The molecule has 3 unspecified atom stereocenters. The van der Waals surface area contributed by atoms with E-state index in [2.05, 4.69) is 10.2 Å². The van der Waals surface area contributed by atoms with Crippen LogP contribution >= 0.6 is 0 Å². The van der Waals surface area contributed by atoms with Gasteiger partial charge in [-0.3, -0.25) is 9.69 Å². The molecule has 18 heavy (non-hydrogen) atoms. The molecule has 0 amide bonds. The molecule has 5 heteroatoms. The van der Waals surface area contributed by atoms with Crippen molar-refractivity contribution in [3.63, 3.8) is 0 Å². The molecule has 3 atom stereocenters. The summed E-state index contributed by atoms with van der Waals surface area (Å²) in [6, 6.07) is 0.552. The first-order chi connectivity index (χ1) is 8.60. The minimum Gasteiger partial charge on any atom is -0.469 e. The second kappa shape index (κ2) is 7.71. The molecule has 0 radical (unpaired) electrons. The number of aliphatic hydroxyl groups excluding tert-OH is 1. The van der Waals surface area contributed by atoms with Crippen LogP contribution in [0.4, 0.5) is 0 Å². The molecule has 0 aromatic heterocycles. The number of carbonyl (C=O) groups is 1. The zero-order valence-corrected chi connectivity index (χ0v) is 11.7. The van der Waals surface area contributed by atoms with Crippen LogP contribution in [0.15, 0.2) is 0 Å². The van der Waals surface area contributed by atoms with E-state index in [1.54, 1.807) is 0 Å². The fourth-order valence-corrected chi connectivity index (χ4v) is 2.48. The molecular weight excluding hydrogens is 232 g/mol. The Balaban J connectivity index is 2.55. The lowest BCUT2D eigenvalue weighted by Gasteiger charge is -2.33. The molecule has 1 fully saturated rings. The van der Waals surface area contributed by atoms with Gasteiger partial charge in [0.1, 0.15) is 0 Å². The summed E-state index contributed by atoms with van der Waals surface area (Å²) in [6.07, 6.45) is 2.37. The number of hydrogen-bond acceptors (Lipinski definition) is 5. The summed E-state index contributed by atoms with van der Waals surface area (Å²) in [7, 11) is 1.42. The van der Waals surface area contributed by atoms with Gasteiger partial charge in [-0.15, -0.1) is 0 Å². The molecule has 2 N–H and O–H groups in total. The number of carbonyl (C=O) groups excluding carboxylic acids is 1. The van der Waals surface area contributed by atoms with Crippen molar-refractivity contribution in [3.05, 3.63) is 0 Å². The Morgan fingerprint density at radius 1 is 1.56 bits per heavy atom. The maximum absolute atomic E-state index is 11.6. The fourth-order valence-electron chi connectivity index (χ4n) is 2.48. The van der Waals surface area contributed by atoms with Gasteiger partial charge in [-0.05, 0) is 26.3 Å². The summed E-state index contributed by atoms with van der Waals surface area (Å²) in [5.41, 5.74) is 0. The molecule has 1 aliphatic rings. The maximum atomic E-state index is 11.6. The summed E-state index contributed by atoms with van der Waals surface area (Å²) in [5.74, 6) is -0.368. The zero-order chi connectivity index (χ0) is 13.5. The van der Waals surface area contributed by atoms with Gasteiger partial charge in [-0.1, -0.05) is 6.92 Å². The van der Waals surface area contributed by atoms with Gasteiger partial charge in [0.15, 0.2) is 0 Å². The molecule has 1 heterocycles. The van der Waals surface area contributed by atoms with Gasteiger partial charge in [0, 0.05) is 25.2 Å². The van der Waals surface area contributed by atoms with Crippen LogP contribution in [0.3, 0.4) is 0 Å². The van der Waals surface area contributed by atoms with E-state index in [9.17, 15) is 4.79 Å². The number of nitrogens with zero attached hydrogens (tertiary/aromatic N) is 1. The van der Waals surface area contributed by atoms with Gasteiger partial charge in [-0.2, -0.15) is 0 Å². The minimum absolute atomic E-state index is 0.0759. The van der Waals surface area contributed by atoms with Gasteiger partial charge in [0.05, 0.1) is 19.6 Å². The van der Waals surface area contributed by atoms with E-state index in [1.807, 2.05) is 13.8 Å². The molecule has 0 aromatic rings. The van der Waals surface area contributed by atoms with E-state index < -0.39 is 0 Å². The molecule has 5 nitrogen and oxygen atoms in total. The third kappa shape index (κ3) is 4.23. The number of aliphatic hydroxyl groups is 1. The van der Waals surface area contributed by atoms with Crippen molar-refractivity contribution in [1.29, 1.82) is 0 Å². The summed E-state index contributed by atoms with van der Waals surface area (Å²) in [5, 5.41) is 12.6. The summed E-state index contributed by atoms with van der Waals surface area (Å²) in [4.78, 5) is 13.7. The predicted molar refractivity (Wildman–Crippen MR) is 70.3 cm³/mol. The molecule has 0 spiro atoms. The highest BCUT2D eigenvalue weighted by Crippen LogP contribution is 2.15. The highest BCUT2D eigenvalue weighted by atomic mass is 16.5. The van der Waals surface area contributed by atoms with Crippen LogP contribution in [0.1, 0.15) is 26.7 Å². The van der Waals surface area contributed by atoms with E-state index >= 15 is 0 Å². The van der Waals surface area contributed by atoms with Gasteiger partial charge in [0.25, 0.3) is 0 Å².